The third kappa shape index (κ3) is 6.47. The molecule has 232 valence electrons. The van der Waals surface area contributed by atoms with Crippen molar-refractivity contribution in [1.29, 1.82) is 0 Å². The fraction of sp³-hybridized carbons (Fsp3) is 0.594. The van der Waals surface area contributed by atoms with Gasteiger partial charge in [0.1, 0.15) is 5.82 Å². The van der Waals surface area contributed by atoms with Crippen molar-refractivity contribution >= 4 is 28.5 Å². The van der Waals surface area contributed by atoms with Gasteiger partial charge in [0, 0.05) is 50.3 Å². The van der Waals surface area contributed by atoms with Crippen LogP contribution in [0.25, 0.3) is 16.7 Å². The molecule has 9 nitrogen and oxygen atoms in total. The topological polar surface area (TPSA) is 92.4 Å². The predicted molar refractivity (Wildman–Crippen MR) is 159 cm³/mol. The number of nitrogens with zero attached hydrogens (tertiary/aromatic N) is 5. The van der Waals surface area contributed by atoms with Gasteiger partial charge in [0.15, 0.2) is 5.82 Å². The second-order valence-electron chi connectivity index (χ2n) is 12.0. The molecule has 0 unspecified atom stereocenters. The highest BCUT2D eigenvalue weighted by atomic mass is 19.3. The average Bonchev–Trinajstić information content (AvgIpc) is 3.59. The first-order chi connectivity index (χ1) is 20.9. The third-order valence-corrected chi connectivity index (χ3v) is 9.16. The number of aliphatic hydroxyl groups excluding tert-OH is 1. The van der Waals surface area contributed by atoms with Crippen molar-refractivity contribution in [2.45, 2.75) is 64.4 Å². The number of likely N-dealkylation sites (tertiary alicyclic amines) is 1. The van der Waals surface area contributed by atoms with E-state index in [9.17, 15) is 18.7 Å². The fourth-order valence-electron chi connectivity index (χ4n) is 6.75. The van der Waals surface area contributed by atoms with Crippen LogP contribution in [0.4, 0.5) is 8.78 Å². The van der Waals surface area contributed by atoms with Gasteiger partial charge in [-0.2, -0.15) is 4.99 Å². The molecule has 1 N–H and O–H groups in total. The molecule has 0 radical (unpaired) electrons. The summed E-state index contributed by atoms with van der Waals surface area (Å²) < 4.78 is 42.2. The highest BCUT2D eigenvalue weighted by Gasteiger charge is 2.33. The van der Waals surface area contributed by atoms with Crippen molar-refractivity contribution in [1.82, 2.24) is 19.4 Å². The number of allylic oxidation sites excluding steroid dienone is 2. The van der Waals surface area contributed by atoms with E-state index >= 15 is 0 Å². The number of carbonyl (C=O) groups is 1. The summed E-state index contributed by atoms with van der Waals surface area (Å²) in [4.78, 5) is 26.2. The van der Waals surface area contributed by atoms with Crippen LogP contribution in [0, 0.1) is 11.8 Å². The molecule has 1 amide bonds. The standard InChI is InChI=1S/C32H41F2N5O4/c1-2-22-17-24(39-27-6-4-3-5-26(27)35-31(39)29(33)34)18-28(36-30(22)37-13-15-42-16-14-37)43-20-21-7-9-23(10-8-21)32(41)38-12-11-25(40)19-38/h3-6,18,21,23,25,29,40H,2,7-17,19-20H2,1H3/t21?,23?,25-/m0/s1. The zero-order valence-corrected chi connectivity index (χ0v) is 24.8. The maximum absolute atomic E-state index is 14.3. The number of benzene rings is 1. The highest BCUT2D eigenvalue weighted by molar-refractivity contribution is 5.96. The molecule has 2 saturated heterocycles. The number of β-amino-alcohol motifs (C(OH)–C–C–N with tert-alkyl or cyclic N) is 1. The van der Waals surface area contributed by atoms with E-state index in [-0.39, 0.29) is 23.6 Å². The molecule has 1 aromatic heterocycles. The van der Waals surface area contributed by atoms with Gasteiger partial charge in [0.25, 0.3) is 6.43 Å². The Morgan fingerprint density at radius 2 is 1.88 bits per heavy atom. The first-order valence-corrected chi connectivity index (χ1v) is 15.6. The van der Waals surface area contributed by atoms with E-state index in [1.807, 2.05) is 12.1 Å². The van der Waals surface area contributed by atoms with Gasteiger partial charge in [-0.05, 0) is 62.1 Å². The number of rotatable bonds is 7. The van der Waals surface area contributed by atoms with Gasteiger partial charge in [0.2, 0.25) is 11.8 Å². The number of para-hydroxylation sites is 2. The maximum Gasteiger partial charge on any atom is 0.295 e. The molecule has 3 aliphatic heterocycles. The van der Waals surface area contributed by atoms with E-state index in [0.29, 0.717) is 87.9 Å². The quantitative estimate of drug-likeness (QED) is 0.484. The molecule has 0 spiro atoms. The van der Waals surface area contributed by atoms with Gasteiger partial charge in [0.05, 0.1) is 37.0 Å². The van der Waals surface area contributed by atoms with Crippen LogP contribution in [0.2, 0.25) is 0 Å². The lowest BCUT2D eigenvalue weighted by molar-refractivity contribution is -0.136. The number of imidazole rings is 1. The number of aliphatic hydroxyl groups is 1. The van der Waals surface area contributed by atoms with Gasteiger partial charge in [-0.15, -0.1) is 0 Å². The van der Waals surface area contributed by atoms with Gasteiger partial charge in [-0.25, -0.2) is 13.8 Å². The number of aromatic nitrogens is 2. The fourth-order valence-corrected chi connectivity index (χ4v) is 6.75. The molecule has 3 fully saturated rings. The molecular weight excluding hydrogens is 556 g/mol. The second-order valence-corrected chi connectivity index (χ2v) is 12.0. The Bertz CT molecular complexity index is 1410. The van der Waals surface area contributed by atoms with Crippen LogP contribution in [0.5, 0.6) is 0 Å². The van der Waals surface area contributed by atoms with E-state index in [1.165, 1.54) is 0 Å². The molecule has 11 heteroatoms. The largest absolute Gasteiger partial charge is 0.477 e. The molecule has 4 aliphatic rings. The number of morpholine rings is 1. The normalized spacial score (nSPS) is 25.3. The zero-order chi connectivity index (χ0) is 29.9. The molecule has 6 rings (SSSR count). The Hall–Kier alpha value is -3.31. The maximum atomic E-state index is 14.3. The number of halogens is 2. The first-order valence-electron chi connectivity index (χ1n) is 15.6. The smallest absolute Gasteiger partial charge is 0.295 e. The Kier molecular flexibility index (Phi) is 9.09. The molecule has 0 bridgehead atoms. The Balaban J connectivity index is 1.24. The summed E-state index contributed by atoms with van der Waals surface area (Å²) in [5, 5.41) is 9.83. The number of ether oxygens (including phenoxy) is 2. The summed E-state index contributed by atoms with van der Waals surface area (Å²) in [5.41, 5.74) is 2.86. The van der Waals surface area contributed by atoms with E-state index in [1.54, 1.807) is 27.7 Å². The van der Waals surface area contributed by atoms with E-state index in [0.717, 1.165) is 37.1 Å². The molecule has 1 aromatic carbocycles. The first kappa shape index (κ1) is 29.7. The molecule has 4 heterocycles. The molecule has 43 heavy (non-hydrogen) atoms. The van der Waals surface area contributed by atoms with Crippen molar-refractivity contribution in [3.8, 4) is 0 Å². The molecular formula is C32H41F2N5O4. The summed E-state index contributed by atoms with van der Waals surface area (Å²) >= 11 is 0. The average molecular weight is 598 g/mol. The Labute approximate surface area is 250 Å². The van der Waals surface area contributed by atoms with E-state index in [4.69, 9.17) is 14.5 Å². The van der Waals surface area contributed by atoms with Crippen LogP contribution in [0.1, 0.15) is 64.1 Å². The lowest BCUT2D eigenvalue weighted by atomic mass is 9.81. The third-order valence-electron chi connectivity index (χ3n) is 9.16. The van der Waals surface area contributed by atoms with Crippen molar-refractivity contribution in [2.75, 3.05) is 46.0 Å². The van der Waals surface area contributed by atoms with Crippen LogP contribution < -0.4 is 0 Å². The minimum atomic E-state index is -2.74. The molecule has 1 atom stereocenters. The van der Waals surface area contributed by atoms with E-state index in [2.05, 4.69) is 16.8 Å². The van der Waals surface area contributed by atoms with Crippen LogP contribution in [0.3, 0.4) is 0 Å². The summed E-state index contributed by atoms with van der Waals surface area (Å²) in [6, 6.07) is 7.21. The number of hydrogen-bond donors (Lipinski definition) is 1. The van der Waals surface area contributed by atoms with Gasteiger partial charge in [-0.1, -0.05) is 19.1 Å². The Morgan fingerprint density at radius 1 is 1.12 bits per heavy atom. The zero-order valence-electron chi connectivity index (χ0n) is 24.8. The van der Waals surface area contributed by atoms with Crippen molar-refractivity contribution in [3.63, 3.8) is 0 Å². The number of hydrogen-bond acceptors (Lipinski definition) is 7. The lowest BCUT2D eigenvalue weighted by Crippen LogP contribution is -2.37. The Morgan fingerprint density at radius 3 is 2.58 bits per heavy atom. The monoisotopic (exact) mass is 597 g/mol. The SMILES string of the molecule is CCC1=C(N2CCOCC2)N=C(OCC2CCC(C(=O)N3CC[C@H](O)C3)CC2)C=C(n2c(C(F)F)nc3ccccc32)C1. The van der Waals surface area contributed by atoms with Crippen molar-refractivity contribution < 1.29 is 28.2 Å². The second kappa shape index (κ2) is 13.1. The minimum Gasteiger partial charge on any atom is -0.477 e. The highest BCUT2D eigenvalue weighted by Crippen LogP contribution is 2.35. The number of fused-ring (bicyclic) bond motifs is 1. The molecule has 1 saturated carbocycles. The van der Waals surface area contributed by atoms with Gasteiger partial charge in [-0.3, -0.25) is 9.36 Å². The number of aliphatic imine (C=N–C) groups is 1. The number of carbonyl (C=O) groups excluding carboxylic acids is 1. The lowest BCUT2D eigenvalue weighted by Gasteiger charge is -2.31. The minimum absolute atomic E-state index is 0.00599. The van der Waals surface area contributed by atoms with Gasteiger partial charge >= 0.3 is 0 Å². The predicted octanol–water partition coefficient (Wildman–Crippen LogP) is 4.99. The molecule has 1 aliphatic carbocycles. The van der Waals surface area contributed by atoms with Crippen molar-refractivity contribution in [2.24, 2.45) is 16.8 Å². The van der Waals surface area contributed by atoms with Gasteiger partial charge < -0.3 is 24.4 Å². The number of amides is 1. The molecule has 2 aromatic rings. The van der Waals surface area contributed by atoms with Crippen LogP contribution in [-0.4, -0.2) is 88.4 Å². The van der Waals surface area contributed by atoms with E-state index < -0.39 is 12.5 Å². The summed E-state index contributed by atoms with van der Waals surface area (Å²) in [5.74, 6) is 1.37. The summed E-state index contributed by atoms with van der Waals surface area (Å²) in [7, 11) is 0. The van der Waals surface area contributed by atoms with Crippen molar-refractivity contribution in [3.05, 3.63) is 47.6 Å². The number of alkyl halides is 2. The summed E-state index contributed by atoms with van der Waals surface area (Å²) in [6.45, 7) is 6.19. The van der Waals surface area contributed by atoms with Crippen LogP contribution >= 0.6 is 0 Å². The van der Waals surface area contributed by atoms with Crippen LogP contribution in [-0.2, 0) is 14.3 Å². The summed E-state index contributed by atoms with van der Waals surface area (Å²) in [6.07, 6.45) is 3.78. The van der Waals surface area contributed by atoms with Crippen LogP contribution in [0.15, 0.2) is 46.7 Å².